The predicted molar refractivity (Wildman–Crippen MR) is 238 cm³/mol. The normalized spacial score (nSPS) is 11.8. The zero-order chi connectivity index (χ0) is 38.2. The number of rotatable bonds is 5. The van der Waals surface area contributed by atoms with E-state index in [9.17, 15) is 0 Å². The molecule has 9 aromatic carbocycles. The fourth-order valence-electron chi connectivity index (χ4n) is 8.85. The van der Waals surface area contributed by atoms with Crippen LogP contribution in [0.5, 0.6) is 0 Å². The van der Waals surface area contributed by atoms with Gasteiger partial charge in [-0.1, -0.05) is 164 Å². The highest BCUT2D eigenvalue weighted by atomic mass is 16.3. The first-order valence-corrected chi connectivity index (χ1v) is 19.5. The van der Waals surface area contributed by atoms with Crippen molar-refractivity contribution in [2.75, 3.05) is 0 Å². The highest BCUT2D eigenvalue weighted by Gasteiger charge is 2.24. The molecule has 3 aromatic heterocycles. The first kappa shape index (κ1) is 32.4. The molecule has 3 heterocycles. The molecule has 5 heteroatoms. The van der Waals surface area contributed by atoms with Gasteiger partial charge in [0.05, 0.1) is 16.7 Å². The third-order valence-electron chi connectivity index (χ3n) is 11.4. The summed E-state index contributed by atoms with van der Waals surface area (Å²) in [6.07, 6.45) is 0. The summed E-state index contributed by atoms with van der Waals surface area (Å²) in [6.45, 7) is 0. The molecule has 5 nitrogen and oxygen atoms in total. The number of nitrogens with zero attached hydrogens (tertiary/aromatic N) is 4. The third kappa shape index (κ3) is 5.00. The number of benzene rings is 9. The fourth-order valence-corrected chi connectivity index (χ4v) is 8.85. The summed E-state index contributed by atoms with van der Waals surface area (Å²) in [5.74, 6) is 1.80. The number of hydrogen-bond donors (Lipinski definition) is 0. The minimum atomic E-state index is 0.577. The quantitative estimate of drug-likeness (QED) is 0.176. The van der Waals surface area contributed by atoms with Crippen LogP contribution in [-0.2, 0) is 0 Å². The highest BCUT2D eigenvalue weighted by molar-refractivity contribution is 6.30. The van der Waals surface area contributed by atoms with Gasteiger partial charge in [0.25, 0.3) is 0 Å². The van der Waals surface area contributed by atoms with Crippen molar-refractivity contribution in [3.63, 3.8) is 0 Å². The molecular formula is C53H32N4O. The molecule has 0 atom stereocenters. The number of para-hydroxylation sites is 1. The molecular weight excluding hydrogens is 709 g/mol. The molecule has 0 unspecified atom stereocenters. The summed E-state index contributed by atoms with van der Waals surface area (Å²) in [5.41, 5.74) is 9.79. The maximum atomic E-state index is 6.76. The Labute approximate surface area is 333 Å². The summed E-state index contributed by atoms with van der Waals surface area (Å²) in [7, 11) is 0. The van der Waals surface area contributed by atoms with Crippen LogP contribution >= 0.6 is 0 Å². The molecule has 0 aliphatic carbocycles. The second-order valence-corrected chi connectivity index (χ2v) is 14.7. The van der Waals surface area contributed by atoms with Crippen LogP contribution in [0.4, 0.5) is 0 Å². The Morgan fingerprint density at radius 2 is 0.897 bits per heavy atom. The van der Waals surface area contributed by atoms with Crippen LogP contribution in [0.3, 0.4) is 0 Å². The fraction of sp³-hybridized carbons (Fsp3) is 0. The van der Waals surface area contributed by atoms with Gasteiger partial charge >= 0.3 is 0 Å². The molecule has 0 amide bonds. The minimum Gasteiger partial charge on any atom is -0.456 e. The molecule has 12 aromatic rings. The Bertz CT molecular complexity index is 3500. The van der Waals surface area contributed by atoms with Crippen molar-refractivity contribution in [3.8, 4) is 51.0 Å². The number of hydrogen-bond acceptors (Lipinski definition) is 4. The molecule has 58 heavy (non-hydrogen) atoms. The molecule has 270 valence electrons. The van der Waals surface area contributed by atoms with Crippen LogP contribution in [0.1, 0.15) is 0 Å². The second-order valence-electron chi connectivity index (χ2n) is 14.7. The standard InChI is InChI=1S/C53H32N4O/c1-4-16-33(17-5-1)42-32-45-50(40-25-13-12-24-39(40)42)49-38-23-11-10-18-34(38)28-29-44(49)57(45)37-30-43(48-41-26-14-15-27-46(41)58-47(48)31-37)53-55-51(35-19-6-2-7-20-35)54-52(56-53)36-21-8-3-9-22-36/h1-32H. The van der Waals surface area contributed by atoms with E-state index in [1.807, 2.05) is 72.8 Å². The SMILES string of the molecule is c1ccc(-c2nc(-c3ccccc3)nc(-c3cc(-n4c5ccc6ccccc6c5c5c6ccccc6c(-c6ccccc6)cc54)cc4oc5ccccc5c34)n2)cc1. The van der Waals surface area contributed by atoms with Gasteiger partial charge in [-0.25, -0.2) is 15.0 Å². The first-order chi connectivity index (χ1) is 28.8. The third-order valence-corrected chi connectivity index (χ3v) is 11.4. The van der Waals surface area contributed by atoms with Gasteiger partial charge in [0.15, 0.2) is 17.5 Å². The Hall–Kier alpha value is -7.89. The van der Waals surface area contributed by atoms with Gasteiger partial charge in [0.2, 0.25) is 0 Å². The van der Waals surface area contributed by atoms with Crippen LogP contribution in [0, 0.1) is 0 Å². The Balaban J connectivity index is 1.24. The van der Waals surface area contributed by atoms with Gasteiger partial charge in [-0.2, -0.15) is 0 Å². The van der Waals surface area contributed by atoms with Crippen LogP contribution < -0.4 is 0 Å². The van der Waals surface area contributed by atoms with Crippen molar-refractivity contribution in [2.24, 2.45) is 0 Å². The lowest BCUT2D eigenvalue weighted by molar-refractivity contribution is 0.668. The van der Waals surface area contributed by atoms with Gasteiger partial charge in [-0.15, -0.1) is 0 Å². The van der Waals surface area contributed by atoms with Gasteiger partial charge in [0, 0.05) is 44.3 Å². The van der Waals surface area contributed by atoms with E-state index in [1.54, 1.807) is 0 Å². The summed E-state index contributed by atoms with van der Waals surface area (Å²) in [6, 6.07) is 68.0. The smallest absolute Gasteiger partial charge is 0.164 e. The molecule has 0 saturated heterocycles. The second kappa shape index (κ2) is 12.8. The minimum absolute atomic E-state index is 0.577. The molecule has 0 bridgehead atoms. The van der Waals surface area contributed by atoms with E-state index >= 15 is 0 Å². The topological polar surface area (TPSA) is 56.7 Å². The van der Waals surface area contributed by atoms with E-state index < -0.39 is 0 Å². The summed E-state index contributed by atoms with van der Waals surface area (Å²) in [4.78, 5) is 15.5. The lowest BCUT2D eigenvalue weighted by atomic mass is 9.94. The number of furan rings is 1. The van der Waals surface area contributed by atoms with Crippen molar-refractivity contribution in [2.45, 2.75) is 0 Å². The zero-order valence-electron chi connectivity index (χ0n) is 31.2. The summed E-state index contributed by atoms with van der Waals surface area (Å²) in [5, 5.41) is 9.24. The molecule has 0 spiro atoms. The van der Waals surface area contributed by atoms with Gasteiger partial charge in [0.1, 0.15) is 11.2 Å². The monoisotopic (exact) mass is 740 g/mol. The van der Waals surface area contributed by atoms with Crippen molar-refractivity contribution in [1.82, 2.24) is 19.5 Å². The van der Waals surface area contributed by atoms with E-state index in [-0.39, 0.29) is 0 Å². The van der Waals surface area contributed by atoms with Crippen molar-refractivity contribution in [3.05, 3.63) is 194 Å². The van der Waals surface area contributed by atoms with Gasteiger partial charge in [-0.05, 0) is 56.9 Å². The summed E-state index contributed by atoms with van der Waals surface area (Å²) >= 11 is 0. The van der Waals surface area contributed by atoms with Crippen molar-refractivity contribution in [1.29, 1.82) is 0 Å². The Kier molecular flexibility index (Phi) is 7.16. The lowest BCUT2D eigenvalue weighted by Crippen LogP contribution is -2.01. The zero-order valence-corrected chi connectivity index (χ0v) is 31.2. The average Bonchev–Trinajstić information content (AvgIpc) is 3.85. The number of fused-ring (bicyclic) bond motifs is 10. The van der Waals surface area contributed by atoms with Crippen LogP contribution in [-0.4, -0.2) is 19.5 Å². The van der Waals surface area contributed by atoms with E-state index in [1.165, 1.54) is 43.4 Å². The predicted octanol–water partition coefficient (Wildman–Crippen LogP) is 13.8. The number of aromatic nitrogens is 4. The van der Waals surface area contributed by atoms with E-state index in [4.69, 9.17) is 19.4 Å². The molecule has 12 rings (SSSR count). The van der Waals surface area contributed by atoms with Gasteiger partial charge < -0.3 is 8.98 Å². The maximum absolute atomic E-state index is 6.76. The molecule has 0 aliphatic heterocycles. The van der Waals surface area contributed by atoms with Crippen LogP contribution in [0.2, 0.25) is 0 Å². The van der Waals surface area contributed by atoms with Crippen LogP contribution in [0.25, 0.3) is 116 Å². The van der Waals surface area contributed by atoms with Crippen molar-refractivity contribution >= 4 is 65.3 Å². The van der Waals surface area contributed by atoms with E-state index in [2.05, 4.69) is 126 Å². The maximum Gasteiger partial charge on any atom is 0.164 e. The lowest BCUT2D eigenvalue weighted by Gasteiger charge is -2.14. The molecule has 0 aliphatic rings. The average molecular weight is 741 g/mol. The molecule has 0 radical (unpaired) electrons. The summed E-state index contributed by atoms with van der Waals surface area (Å²) < 4.78 is 9.16. The van der Waals surface area contributed by atoms with Crippen LogP contribution in [0.15, 0.2) is 199 Å². The van der Waals surface area contributed by atoms with Gasteiger partial charge in [-0.3, -0.25) is 0 Å². The molecule has 0 N–H and O–H groups in total. The molecule has 0 fully saturated rings. The van der Waals surface area contributed by atoms with E-state index in [0.717, 1.165) is 55.3 Å². The van der Waals surface area contributed by atoms with E-state index in [0.29, 0.717) is 17.5 Å². The largest absolute Gasteiger partial charge is 0.456 e. The first-order valence-electron chi connectivity index (χ1n) is 19.5. The van der Waals surface area contributed by atoms with Crippen molar-refractivity contribution < 1.29 is 4.42 Å². The highest BCUT2D eigenvalue weighted by Crippen LogP contribution is 2.46. The molecule has 0 saturated carbocycles. The Morgan fingerprint density at radius 3 is 1.60 bits per heavy atom. The Morgan fingerprint density at radius 1 is 0.345 bits per heavy atom.